The monoisotopic (exact) mass is 258 g/mol. The number of aromatic nitrogens is 3. The topological polar surface area (TPSA) is 61.9 Å². The predicted octanol–water partition coefficient (Wildman–Crippen LogP) is 2.22. The minimum Gasteiger partial charge on any atom is -0.334 e. The lowest BCUT2D eigenvalue weighted by Gasteiger charge is -2.25. The molecule has 2 atom stereocenters. The fraction of sp³-hybridized carbons (Fsp3) is 0.500. The Morgan fingerprint density at radius 3 is 3.21 bits per heavy atom. The predicted molar refractivity (Wildman–Crippen MR) is 72.8 cm³/mol. The summed E-state index contributed by atoms with van der Waals surface area (Å²) in [5.74, 6) is 0.618. The number of carbonyl (C=O) groups is 1. The summed E-state index contributed by atoms with van der Waals surface area (Å²) in [4.78, 5) is 18.8. The summed E-state index contributed by atoms with van der Waals surface area (Å²) in [5.41, 5.74) is 1.17. The number of hydrogen-bond donors (Lipinski definition) is 1. The Labute approximate surface area is 112 Å². The number of carbonyl (C=O) groups excluding carboxylic acids is 1. The second kappa shape index (κ2) is 4.64. The van der Waals surface area contributed by atoms with Gasteiger partial charge in [-0.25, -0.2) is 4.98 Å². The van der Waals surface area contributed by atoms with Gasteiger partial charge in [-0.3, -0.25) is 9.89 Å². The van der Waals surface area contributed by atoms with Gasteiger partial charge in [-0.15, -0.1) is 0 Å². The lowest BCUT2D eigenvalue weighted by molar-refractivity contribution is 0.0714. The Morgan fingerprint density at radius 1 is 1.58 bits per heavy atom. The summed E-state index contributed by atoms with van der Waals surface area (Å²) >= 11 is 0. The summed E-state index contributed by atoms with van der Waals surface area (Å²) in [6, 6.07) is 4.06. The van der Waals surface area contributed by atoms with Crippen LogP contribution in [0, 0.1) is 5.92 Å². The fourth-order valence-corrected chi connectivity index (χ4v) is 3.04. The lowest BCUT2D eigenvalue weighted by atomic mass is 10.0. The van der Waals surface area contributed by atoms with Crippen molar-refractivity contribution in [3.8, 4) is 0 Å². The number of nitrogens with zero attached hydrogens (tertiary/aromatic N) is 3. The maximum Gasteiger partial charge on any atom is 0.272 e. The van der Waals surface area contributed by atoms with Gasteiger partial charge in [0.25, 0.3) is 5.91 Å². The summed E-state index contributed by atoms with van der Waals surface area (Å²) in [6.45, 7) is 5.19. The van der Waals surface area contributed by atoms with Crippen LogP contribution in [0.1, 0.15) is 37.2 Å². The Morgan fingerprint density at radius 2 is 2.42 bits per heavy atom. The minimum atomic E-state index is 0.0479. The molecule has 1 N–H and O–H groups in total. The van der Waals surface area contributed by atoms with E-state index in [1.165, 1.54) is 0 Å². The number of pyridine rings is 1. The van der Waals surface area contributed by atoms with Crippen molar-refractivity contribution in [1.82, 2.24) is 20.1 Å². The highest BCUT2D eigenvalue weighted by atomic mass is 16.2. The van der Waals surface area contributed by atoms with Crippen LogP contribution in [-0.4, -0.2) is 38.6 Å². The van der Waals surface area contributed by atoms with E-state index < -0.39 is 0 Å². The quantitative estimate of drug-likeness (QED) is 0.898. The van der Waals surface area contributed by atoms with Crippen LogP contribution >= 0.6 is 0 Å². The van der Waals surface area contributed by atoms with Gasteiger partial charge in [0.1, 0.15) is 5.69 Å². The van der Waals surface area contributed by atoms with Gasteiger partial charge in [-0.05, 0) is 30.9 Å². The zero-order valence-electron chi connectivity index (χ0n) is 11.3. The first-order valence-corrected chi connectivity index (χ1v) is 6.82. The molecule has 1 amide bonds. The molecule has 100 valence electrons. The molecule has 1 aliphatic heterocycles. The van der Waals surface area contributed by atoms with Gasteiger partial charge in [0.15, 0.2) is 5.65 Å². The number of amides is 1. The van der Waals surface area contributed by atoms with E-state index in [0.717, 1.165) is 24.8 Å². The van der Waals surface area contributed by atoms with Crippen LogP contribution in [0.25, 0.3) is 11.0 Å². The van der Waals surface area contributed by atoms with E-state index in [4.69, 9.17) is 0 Å². The van der Waals surface area contributed by atoms with Crippen molar-refractivity contribution in [1.29, 1.82) is 0 Å². The van der Waals surface area contributed by atoms with E-state index in [1.54, 1.807) is 6.20 Å². The number of H-pyrrole nitrogens is 1. The van der Waals surface area contributed by atoms with Crippen LogP contribution in [0.4, 0.5) is 0 Å². The van der Waals surface area contributed by atoms with Gasteiger partial charge >= 0.3 is 0 Å². The standard InChI is InChI=1S/C14H18N4O/c1-3-11-9(2)6-8-18(11)14(19)12-10-5-4-7-15-13(10)17-16-12/h4-5,7,9,11H,3,6,8H2,1-2H3,(H,15,16,17). The van der Waals surface area contributed by atoms with Crippen LogP contribution in [0.15, 0.2) is 18.3 Å². The van der Waals surface area contributed by atoms with Crippen molar-refractivity contribution in [3.63, 3.8) is 0 Å². The second-order valence-electron chi connectivity index (χ2n) is 5.21. The van der Waals surface area contributed by atoms with Gasteiger partial charge in [0.2, 0.25) is 0 Å². The molecule has 3 rings (SSSR count). The molecular formula is C14H18N4O. The normalized spacial score (nSPS) is 23.2. The smallest absolute Gasteiger partial charge is 0.272 e. The molecule has 2 aromatic heterocycles. The van der Waals surface area contributed by atoms with Crippen LogP contribution in [-0.2, 0) is 0 Å². The zero-order valence-corrected chi connectivity index (χ0v) is 11.3. The van der Waals surface area contributed by atoms with Crippen LogP contribution < -0.4 is 0 Å². The molecule has 0 saturated carbocycles. The Hall–Kier alpha value is -1.91. The van der Waals surface area contributed by atoms with Crippen LogP contribution in [0.3, 0.4) is 0 Å². The average molecular weight is 258 g/mol. The zero-order chi connectivity index (χ0) is 13.4. The second-order valence-corrected chi connectivity index (χ2v) is 5.21. The van der Waals surface area contributed by atoms with E-state index in [2.05, 4.69) is 29.0 Å². The number of hydrogen-bond acceptors (Lipinski definition) is 3. The number of rotatable bonds is 2. The third-order valence-electron chi connectivity index (χ3n) is 4.11. The Bertz CT molecular complexity index is 606. The largest absolute Gasteiger partial charge is 0.334 e. The Kier molecular flexibility index (Phi) is 2.97. The fourth-order valence-electron chi connectivity index (χ4n) is 3.04. The van der Waals surface area contributed by atoms with E-state index in [1.807, 2.05) is 17.0 Å². The summed E-state index contributed by atoms with van der Waals surface area (Å²) in [5, 5.41) is 7.75. The van der Waals surface area contributed by atoms with Crippen molar-refractivity contribution in [3.05, 3.63) is 24.0 Å². The molecule has 19 heavy (non-hydrogen) atoms. The molecule has 5 nitrogen and oxygen atoms in total. The van der Waals surface area contributed by atoms with Crippen LogP contribution in [0.5, 0.6) is 0 Å². The van der Waals surface area contributed by atoms with E-state index >= 15 is 0 Å². The highest BCUT2D eigenvalue weighted by Gasteiger charge is 2.34. The first kappa shape index (κ1) is 12.1. The van der Waals surface area contributed by atoms with Gasteiger partial charge in [-0.2, -0.15) is 5.10 Å². The average Bonchev–Trinajstić information content (AvgIpc) is 3.01. The van der Waals surface area contributed by atoms with Crippen molar-refractivity contribution in [2.45, 2.75) is 32.7 Å². The summed E-state index contributed by atoms with van der Waals surface area (Å²) in [6.07, 6.45) is 3.76. The molecule has 1 aliphatic rings. The van der Waals surface area contributed by atoms with Crippen molar-refractivity contribution < 1.29 is 4.79 Å². The van der Waals surface area contributed by atoms with Gasteiger partial charge in [0, 0.05) is 18.8 Å². The Balaban J connectivity index is 1.96. The molecule has 3 heterocycles. The molecule has 2 aromatic rings. The molecule has 0 radical (unpaired) electrons. The summed E-state index contributed by atoms with van der Waals surface area (Å²) < 4.78 is 0. The summed E-state index contributed by atoms with van der Waals surface area (Å²) in [7, 11) is 0. The SMILES string of the molecule is CCC1C(C)CCN1C(=O)c1[nH]nc2ncccc12. The van der Waals surface area contributed by atoms with Crippen molar-refractivity contribution in [2.75, 3.05) is 6.54 Å². The first-order valence-electron chi connectivity index (χ1n) is 6.82. The third-order valence-corrected chi connectivity index (χ3v) is 4.11. The minimum absolute atomic E-state index is 0.0479. The lowest BCUT2D eigenvalue weighted by Crippen LogP contribution is -2.37. The maximum atomic E-state index is 12.7. The van der Waals surface area contributed by atoms with Crippen LogP contribution in [0.2, 0.25) is 0 Å². The molecule has 1 fully saturated rings. The third kappa shape index (κ3) is 1.89. The molecular weight excluding hydrogens is 240 g/mol. The molecule has 5 heteroatoms. The highest BCUT2D eigenvalue weighted by Crippen LogP contribution is 2.28. The number of fused-ring (bicyclic) bond motifs is 1. The number of likely N-dealkylation sites (tertiary alicyclic amines) is 1. The number of aromatic amines is 1. The van der Waals surface area contributed by atoms with Gasteiger partial charge in [0.05, 0.1) is 5.39 Å². The maximum absolute atomic E-state index is 12.7. The number of nitrogens with one attached hydrogen (secondary N) is 1. The molecule has 1 saturated heterocycles. The van der Waals surface area contributed by atoms with E-state index in [0.29, 0.717) is 23.3 Å². The highest BCUT2D eigenvalue weighted by molar-refractivity contribution is 6.04. The molecule has 2 unspecified atom stereocenters. The van der Waals surface area contributed by atoms with Gasteiger partial charge < -0.3 is 4.90 Å². The molecule has 0 spiro atoms. The molecule has 0 bridgehead atoms. The van der Waals surface area contributed by atoms with E-state index in [9.17, 15) is 4.79 Å². The van der Waals surface area contributed by atoms with Gasteiger partial charge in [-0.1, -0.05) is 13.8 Å². The van der Waals surface area contributed by atoms with Crippen molar-refractivity contribution >= 4 is 16.9 Å². The first-order chi connectivity index (χ1) is 9.22. The van der Waals surface area contributed by atoms with E-state index in [-0.39, 0.29) is 5.91 Å². The molecule has 0 aromatic carbocycles. The van der Waals surface area contributed by atoms with Crippen molar-refractivity contribution in [2.24, 2.45) is 5.92 Å². The molecule has 0 aliphatic carbocycles.